The van der Waals surface area contributed by atoms with Crippen LogP contribution in [0.4, 0.5) is 5.95 Å². The molecule has 0 atom stereocenters. The van der Waals surface area contributed by atoms with Gasteiger partial charge in [0.15, 0.2) is 0 Å². The second kappa shape index (κ2) is 6.99. The van der Waals surface area contributed by atoms with Gasteiger partial charge >= 0.3 is 0 Å². The smallest absolute Gasteiger partial charge is 0.256 e. The average molecular weight is 304 g/mol. The van der Waals surface area contributed by atoms with Crippen LogP contribution in [0.25, 0.3) is 11.3 Å². The van der Waals surface area contributed by atoms with Crippen molar-refractivity contribution < 1.29 is 4.74 Å². The predicted octanol–water partition coefficient (Wildman–Crippen LogP) is 1.02. The number of nitrogens with zero attached hydrogens (tertiary/aromatic N) is 4. The van der Waals surface area contributed by atoms with Gasteiger partial charge < -0.3 is 10.5 Å². The number of rotatable bonds is 6. The van der Waals surface area contributed by atoms with Crippen LogP contribution in [-0.2, 0) is 11.3 Å². The summed E-state index contributed by atoms with van der Waals surface area (Å²) in [5, 5.41) is 4.26. The van der Waals surface area contributed by atoms with Crippen LogP contribution in [0, 0.1) is 0 Å². The number of hydrogen-bond acceptors (Lipinski definition) is 5. The third kappa shape index (κ3) is 3.40. The Morgan fingerprint density at radius 2 is 2.32 bits per heavy atom. The van der Waals surface area contributed by atoms with Crippen molar-refractivity contribution in [2.75, 3.05) is 13.7 Å². The third-order valence-electron chi connectivity index (χ3n) is 3.15. The summed E-state index contributed by atoms with van der Waals surface area (Å²) >= 11 is 0. The van der Waals surface area contributed by atoms with Crippen molar-refractivity contribution in [3.8, 4) is 11.3 Å². The van der Waals surface area contributed by atoms with Crippen molar-refractivity contribution in [2.45, 2.75) is 26.3 Å². The fourth-order valence-corrected chi connectivity index (χ4v) is 2.15. The molecule has 0 radical (unpaired) electrons. The zero-order valence-corrected chi connectivity index (χ0v) is 12.9. The zero-order valence-electron chi connectivity index (χ0n) is 12.9. The van der Waals surface area contributed by atoms with Crippen molar-refractivity contribution >= 4 is 12.3 Å². The molecule has 0 fully saturated rings. The van der Waals surface area contributed by atoms with E-state index < -0.39 is 0 Å². The largest absolute Gasteiger partial charge is 0.390 e. The predicted molar refractivity (Wildman–Crippen MR) is 84.4 cm³/mol. The van der Waals surface area contributed by atoms with Crippen LogP contribution in [0.2, 0.25) is 0 Å². The van der Waals surface area contributed by atoms with Crippen LogP contribution in [0.1, 0.15) is 25.3 Å². The molecule has 0 aliphatic carbocycles. The van der Waals surface area contributed by atoms with Crippen molar-refractivity contribution in [3.05, 3.63) is 28.3 Å². The van der Waals surface area contributed by atoms with E-state index in [0.29, 0.717) is 24.4 Å². The molecule has 0 saturated heterocycles. The Labute approximate surface area is 128 Å². The molecule has 2 heterocycles. The first-order chi connectivity index (χ1) is 10.6. The highest BCUT2D eigenvalue weighted by Crippen LogP contribution is 2.25. The molecule has 2 aromatic heterocycles. The number of aromatic amines is 1. The number of H-pyrrole nitrogens is 1. The first-order valence-corrected chi connectivity index (χ1v) is 6.97. The van der Waals surface area contributed by atoms with E-state index in [-0.39, 0.29) is 17.4 Å². The van der Waals surface area contributed by atoms with Crippen LogP contribution in [0.3, 0.4) is 0 Å². The van der Waals surface area contributed by atoms with E-state index >= 15 is 0 Å². The fourth-order valence-electron chi connectivity index (χ4n) is 2.15. The lowest BCUT2D eigenvalue weighted by Crippen LogP contribution is -2.17. The van der Waals surface area contributed by atoms with Gasteiger partial charge in [-0.2, -0.15) is 5.10 Å². The Bertz CT molecular complexity index is 716. The molecule has 3 N–H and O–H groups in total. The quantitative estimate of drug-likeness (QED) is 0.611. The van der Waals surface area contributed by atoms with Gasteiger partial charge in [0, 0.05) is 24.4 Å². The molecule has 8 nitrogen and oxygen atoms in total. The summed E-state index contributed by atoms with van der Waals surface area (Å²) < 4.78 is 6.78. The first kappa shape index (κ1) is 15.9. The summed E-state index contributed by atoms with van der Waals surface area (Å²) in [6.45, 7) is 5.07. The topological polar surface area (TPSA) is 111 Å². The second-order valence-corrected chi connectivity index (χ2v) is 5.07. The highest BCUT2D eigenvalue weighted by molar-refractivity contribution is 5.64. The summed E-state index contributed by atoms with van der Waals surface area (Å²) in [4.78, 5) is 23.1. The number of methoxy groups -OCH3 is 1. The minimum Gasteiger partial charge on any atom is -0.390 e. The van der Waals surface area contributed by atoms with Gasteiger partial charge in [0.2, 0.25) is 5.95 Å². The number of ether oxygens (including phenoxy) is 1. The summed E-state index contributed by atoms with van der Waals surface area (Å²) in [7, 11) is 1.64. The molecule has 118 valence electrons. The van der Waals surface area contributed by atoms with Crippen LogP contribution >= 0.6 is 0 Å². The lowest BCUT2D eigenvalue weighted by Gasteiger charge is -2.09. The SMILES string of the molecule is COCCn1cc(-c2nc(N=CN)[nH]c(=O)c2C(C)C)cn1. The van der Waals surface area contributed by atoms with Crippen molar-refractivity contribution in [1.82, 2.24) is 19.7 Å². The molecule has 0 saturated carbocycles. The van der Waals surface area contributed by atoms with Gasteiger partial charge in [-0.25, -0.2) is 9.98 Å². The van der Waals surface area contributed by atoms with Crippen molar-refractivity contribution in [2.24, 2.45) is 10.7 Å². The highest BCUT2D eigenvalue weighted by atomic mass is 16.5. The summed E-state index contributed by atoms with van der Waals surface area (Å²) in [5.74, 6) is 0.195. The highest BCUT2D eigenvalue weighted by Gasteiger charge is 2.17. The minimum absolute atomic E-state index is 0.0180. The van der Waals surface area contributed by atoms with Crippen LogP contribution in [0.5, 0.6) is 0 Å². The number of aliphatic imine (C=N–C) groups is 1. The minimum atomic E-state index is -0.217. The van der Waals surface area contributed by atoms with E-state index in [1.54, 1.807) is 18.0 Å². The Morgan fingerprint density at radius 1 is 1.55 bits per heavy atom. The molecule has 2 aromatic rings. The van der Waals surface area contributed by atoms with E-state index in [2.05, 4.69) is 20.1 Å². The molecule has 0 unspecified atom stereocenters. The zero-order chi connectivity index (χ0) is 16.1. The summed E-state index contributed by atoms with van der Waals surface area (Å²) in [5.41, 5.74) is 6.99. The molecule has 0 aliphatic heterocycles. The van der Waals surface area contributed by atoms with Crippen LogP contribution in [0.15, 0.2) is 22.2 Å². The standard InChI is InChI=1S/C14H20N6O2/c1-9(2)11-12(18-14(16-8-15)19-13(11)21)10-6-17-20(7-10)4-5-22-3/h6-9H,4-5H2,1-3H3,(H3,15,16,18,19,21). The van der Waals surface area contributed by atoms with Gasteiger partial charge in [0.1, 0.15) is 0 Å². The number of nitrogens with one attached hydrogen (secondary N) is 1. The van der Waals surface area contributed by atoms with Gasteiger partial charge in [0.25, 0.3) is 5.56 Å². The van der Waals surface area contributed by atoms with E-state index in [4.69, 9.17) is 10.5 Å². The number of hydrogen-bond donors (Lipinski definition) is 2. The molecule has 0 spiro atoms. The Balaban J connectivity index is 2.51. The normalized spacial score (nSPS) is 11.6. The van der Waals surface area contributed by atoms with E-state index in [0.717, 1.165) is 11.9 Å². The number of nitrogens with two attached hydrogens (primary N) is 1. The lowest BCUT2D eigenvalue weighted by molar-refractivity contribution is 0.183. The third-order valence-corrected chi connectivity index (χ3v) is 3.15. The fraction of sp³-hybridized carbons (Fsp3) is 0.429. The van der Waals surface area contributed by atoms with E-state index in [1.807, 2.05) is 20.0 Å². The molecular weight excluding hydrogens is 284 g/mol. The Hall–Kier alpha value is -2.48. The molecule has 2 rings (SSSR count). The molecule has 8 heteroatoms. The lowest BCUT2D eigenvalue weighted by atomic mass is 10.0. The maximum absolute atomic E-state index is 12.3. The molecule has 0 aromatic carbocycles. The van der Waals surface area contributed by atoms with E-state index in [1.165, 1.54) is 0 Å². The average Bonchev–Trinajstić information content (AvgIpc) is 2.93. The van der Waals surface area contributed by atoms with Gasteiger partial charge in [-0.05, 0) is 5.92 Å². The Kier molecular flexibility index (Phi) is 5.05. The van der Waals surface area contributed by atoms with Crippen LogP contribution < -0.4 is 11.3 Å². The monoisotopic (exact) mass is 304 g/mol. The number of aromatic nitrogens is 4. The second-order valence-electron chi connectivity index (χ2n) is 5.07. The van der Waals surface area contributed by atoms with Crippen LogP contribution in [-0.4, -0.2) is 39.8 Å². The summed E-state index contributed by atoms with van der Waals surface area (Å²) in [6.07, 6.45) is 4.61. The molecule has 0 aliphatic rings. The molecule has 0 amide bonds. The van der Waals surface area contributed by atoms with Crippen molar-refractivity contribution in [1.29, 1.82) is 0 Å². The van der Waals surface area contributed by atoms with Gasteiger partial charge in [-0.3, -0.25) is 14.5 Å². The maximum atomic E-state index is 12.3. The molecule has 22 heavy (non-hydrogen) atoms. The van der Waals surface area contributed by atoms with Gasteiger partial charge in [0.05, 0.1) is 31.4 Å². The van der Waals surface area contributed by atoms with Crippen molar-refractivity contribution in [3.63, 3.8) is 0 Å². The Morgan fingerprint density at radius 3 is 2.95 bits per heavy atom. The van der Waals surface area contributed by atoms with Gasteiger partial charge in [-0.15, -0.1) is 0 Å². The molecular formula is C14H20N6O2. The van der Waals surface area contributed by atoms with E-state index in [9.17, 15) is 4.79 Å². The molecule has 0 bridgehead atoms. The first-order valence-electron chi connectivity index (χ1n) is 6.97. The maximum Gasteiger partial charge on any atom is 0.256 e. The summed E-state index contributed by atoms with van der Waals surface area (Å²) in [6, 6.07) is 0. The van der Waals surface area contributed by atoms with Gasteiger partial charge in [-0.1, -0.05) is 13.8 Å².